The van der Waals surface area contributed by atoms with Crippen LogP contribution in [0.15, 0.2) is 54.9 Å². The molecule has 3 aromatic rings. The monoisotopic (exact) mass is 569 g/mol. The molecule has 0 unspecified atom stereocenters. The number of hydrogen-bond acceptors (Lipinski definition) is 8. The van der Waals surface area contributed by atoms with E-state index >= 15 is 0 Å². The Bertz CT molecular complexity index is 1420. The Morgan fingerprint density at radius 1 is 1.18 bits per heavy atom. The fraction of sp³-hybridized carbons (Fsp3) is 0.321. The van der Waals surface area contributed by atoms with E-state index in [2.05, 4.69) is 39.8 Å². The van der Waals surface area contributed by atoms with Crippen molar-refractivity contribution < 1.29 is 18.8 Å². The van der Waals surface area contributed by atoms with Crippen molar-refractivity contribution in [3.05, 3.63) is 71.0 Å². The number of hydrogen-bond donors (Lipinski definition) is 3. The van der Waals surface area contributed by atoms with Crippen molar-refractivity contribution >= 4 is 53.1 Å². The summed E-state index contributed by atoms with van der Waals surface area (Å²) in [6, 6.07) is 10.9. The Labute approximate surface area is 233 Å². The minimum atomic E-state index is -2.54. The number of amides is 1. The van der Waals surface area contributed by atoms with Gasteiger partial charge in [-0.3, -0.25) is 4.79 Å². The SMILES string of the molecule is CC(C)COCC=CNC(=O)c1ccc(Nc2ncc(Cl)c(Nc3ccccc3P(C)(C)=O)n2)c2c1CCO2. The zero-order chi connectivity index (χ0) is 28.0. The van der Waals surface area contributed by atoms with Crippen molar-refractivity contribution in [2.75, 3.05) is 43.8 Å². The predicted octanol–water partition coefficient (Wildman–Crippen LogP) is 5.72. The number of nitrogens with zero attached hydrogens (tertiary/aromatic N) is 2. The highest BCUT2D eigenvalue weighted by molar-refractivity contribution is 7.70. The van der Waals surface area contributed by atoms with E-state index < -0.39 is 7.14 Å². The molecule has 1 aliphatic heterocycles. The second-order valence-electron chi connectivity index (χ2n) is 9.88. The van der Waals surface area contributed by atoms with Gasteiger partial charge in [-0.05, 0) is 49.6 Å². The minimum Gasteiger partial charge on any atom is -0.491 e. The molecule has 11 heteroatoms. The molecule has 4 rings (SSSR count). The van der Waals surface area contributed by atoms with Gasteiger partial charge in [0.05, 0.1) is 30.8 Å². The summed E-state index contributed by atoms with van der Waals surface area (Å²) in [6.45, 7) is 9.16. The highest BCUT2D eigenvalue weighted by atomic mass is 35.5. The Morgan fingerprint density at radius 3 is 2.74 bits per heavy atom. The smallest absolute Gasteiger partial charge is 0.255 e. The minimum absolute atomic E-state index is 0.222. The molecule has 0 bridgehead atoms. The van der Waals surface area contributed by atoms with Crippen LogP contribution in [0.5, 0.6) is 5.75 Å². The van der Waals surface area contributed by atoms with Crippen LogP contribution >= 0.6 is 18.7 Å². The van der Waals surface area contributed by atoms with E-state index in [9.17, 15) is 9.36 Å². The van der Waals surface area contributed by atoms with Gasteiger partial charge in [-0.15, -0.1) is 0 Å². The van der Waals surface area contributed by atoms with Crippen LogP contribution in [-0.4, -0.2) is 49.0 Å². The van der Waals surface area contributed by atoms with E-state index in [0.29, 0.717) is 71.0 Å². The summed E-state index contributed by atoms with van der Waals surface area (Å²) < 4.78 is 24.1. The molecule has 0 saturated carbocycles. The average molecular weight is 570 g/mol. The number of para-hydroxylation sites is 1. The number of carbonyl (C=O) groups is 1. The summed E-state index contributed by atoms with van der Waals surface area (Å²) in [5.41, 5.74) is 2.65. The van der Waals surface area contributed by atoms with Gasteiger partial charge in [0.1, 0.15) is 17.9 Å². The lowest BCUT2D eigenvalue weighted by Crippen LogP contribution is -2.19. The Balaban J connectivity index is 1.50. The van der Waals surface area contributed by atoms with Crippen molar-refractivity contribution in [2.45, 2.75) is 20.3 Å². The van der Waals surface area contributed by atoms with E-state index in [4.69, 9.17) is 21.1 Å². The maximum atomic E-state index is 12.8. The second-order valence-corrected chi connectivity index (χ2v) is 13.5. The number of fused-ring (bicyclic) bond motifs is 1. The fourth-order valence-corrected chi connectivity index (χ4v) is 5.35. The lowest BCUT2D eigenvalue weighted by Gasteiger charge is -2.16. The lowest BCUT2D eigenvalue weighted by molar-refractivity contribution is 0.0968. The highest BCUT2D eigenvalue weighted by Crippen LogP contribution is 2.40. The molecule has 206 valence electrons. The summed E-state index contributed by atoms with van der Waals surface area (Å²) in [5, 5.41) is 10.2. The molecule has 0 aliphatic carbocycles. The lowest BCUT2D eigenvalue weighted by atomic mass is 10.0. The molecular formula is C28H33ClN5O4P. The van der Waals surface area contributed by atoms with Gasteiger partial charge in [0.15, 0.2) is 5.82 Å². The molecule has 1 aromatic heterocycles. The summed E-state index contributed by atoms with van der Waals surface area (Å²) in [4.78, 5) is 21.7. The fourth-order valence-electron chi connectivity index (χ4n) is 4.05. The molecule has 9 nitrogen and oxygen atoms in total. The second kappa shape index (κ2) is 12.6. The van der Waals surface area contributed by atoms with Gasteiger partial charge in [-0.2, -0.15) is 4.98 Å². The van der Waals surface area contributed by atoms with Gasteiger partial charge in [0.2, 0.25) is 5.95 Å². The van der Waals surface area contributed by atoms with E-state index in [-0.39, 0.29) is 11.9 Å². The number of aromatic nitrogens is 2. The number of benzene rings is 2. The number of halogens is 1. The van der Waals surface area contributed by atoms with Crippen molar-refractivity contribution in [2.24, 2.45) is 5.92 Å². The number of carbonyl (C=O) groups excluding carboxylic acids is 1. The van der Waals surface area contributed by atoms with Crippen molar-refractivity contribution in [3.63, 3.8) is 0 Å². The van der Waals surface area contributed by atoms with Gasteiger partial charge in [0, 0.05) is 35.7 Å². The van der Waals surface area contributed by atoms with Crippen molar-refractivity contribution in [1.82, 2.24) is 15.3 Å². The molecule has 0 radical (unpaired) electrons. The van der Waals surface area contributed by atoms with E-state index in [0.717, 1.165) is 5.56 Å². The van der Waals surface area contributed by atoms with E-state index in [1.807, 2.05) is 24.3 Å². The summed E-state index contributed by atoms with van der Waals surface area (Å²) in [5.74, 6) is 1.48. The highest BCUT2D eigenvalue weighted by Gasteiger charge is 2.24. The van der Waals surface area contributed by atoms with Crippen LogP contribution in [0.2, 0.25) is 5.02 Å². The molecule has 1 aliphatic rings. The first-order chi connectivity index (χ1) is 18.6. The molecule has 3 N–H and O–H groups in total. The standard InChI is InChI=1S/C28H33ClN5O4P/c1-18(2)17-37-14-7-13-30-27(35)20-10-11-23(25-19(20)12-15-38-25)33-28-31-16-21(29)26(34-28)32-22-8-5-6-9-24(22)39(3,4)36/h5-11,13,16,18H,12,14-15,17H2,1-4H3,(H,30,35)(H2,31,32,33,34). The third kappa shape index (κ3) is 7.38. The number of ether oxygens (including phenoxy) is 2. The van der Waals surface area contributed by atoms with E-state index in [1.165, 1.54) is 6.20 Å². The molecule has 1 amide bonds. The zero-order valence-corrected chi connectivity index (χ0v) is 24.1. The summed E-state index contributed by atoms with van der Waals surface area (Å²) >= 11 is 6.38. The molecular weight excluding hydrogens is 537 g/mol. The first-order valence-electron chi connectivity index (χ1n) is 12.7. The zero-order valence-electron chi connectivity index (χ0n) is 22.5. The molecule has 2 heterocycles. The predicted molar refractivity (Wildman–Crippen MR) is 157 cm³/mol. The van der Waals surface area contributed by atoms with Gasteiger partial charge in [0.25, 0.3) is 5.91 Å². The molecule has 0 spiro atoms. The maximum absolute atomic E-state index is 12.8. The Hall–Kier alpha value is -3.39. The largest absolute Gasteiger partial charge is 0.491 e. The third-order valence-electron chi connectivity index (χ3n) is 5.83. The van der Waals surface area contributed by atoms with Crippen LogP contribution in [0.25, 0.3) is 0 Å². The van der Waals surface area contributed by atoms with Crippen LogP contribution in [0.3, 0.4) is 0 Å². The Kier molecular flexibility index (Phi) is 9.28. The number of nitrogens with one attached hydrogen (secondary N) is 3. The van der Waals surface area contributed by atoms with E-state index in [1.54, 1.807) is 37.7 Å². The van der Waals surface area contributed by atoms with Crippen LogP contribution in [0, 0.1) is 5.92 Å². The van der Waals surface area contributed by atoms with Gasteiger partial charge in [-0.1, -0.05) is 37.6 Å². The molecule has 2 aromatic carbocycles. The summed E-state index contributed by atoms with van der Waals surface area (Å²) in [7, 11) is -2.54. The van der Waals surface area contributed by atoms with Gasteiger partial charge in [-0.25, -0.2) is 4.98 Å². The normalized spacial score (nSPS) is 12.9. The van der Waals surface area contributed by atoms with Crippen LogP contribution < -0.4 is 26.0 Å². The van der Waals surface area contributed by atoms with Crippen molar-refractivity contribution in [3.8, 4) is 5.75 Å². The molecule has 0 atom stereocenters. The Morgan fingerprint density at radius 2 is 1.97 bits per heavy atom. The number of rotatable bonds is 11. The average Bonchev–Trinajstić information content (AvgIpc) is 3.38. The molecule has 0 saturated heterocycles. The van der Waals surface area contributed by atoms with Crippen LogP contribution in [0.1, 0.15) is 29.8 Å². The number of anilines is 4. The van der Waals surface area contributed by atoms with Gasteiger partial charge < -0.3 is 30.0 Å². The maximum Gasteiger partial charge on any atom is 0.255 e. The summed E-state index contributed by atoms with van der Waals surface area (Å²) in [6.07, 6.45) is 5.46. The quantitative estimate of drug-likeness (QED) is 0.198. The first-order valence-corrected chi connectivity index (χ1v) is 15.6. The van der Waals surface area contributed by atoms with Crippen molar-refractivity contribution in [1.29, 1.82) is 0 Å². The first kappa shape index (κ1) is 28.6. The molecule has 0 fully saturated rings. The third-order valence-corrected chi connectivity index (χ3v) is 7.66. The van der Waals surface area contributed by atoms with Gasteiger partial charge >= 0.3 is 0 Å². The molecule has 39 heavy (non-hydrogen) atoms. The topological polar surface area (TPSA) is 114 Å². The van der Waals surface area contributed by atoms with Crippen LogP contribution in [0.4, 0.5) is 23.1 Å². The van der Waals surface area contributed by atoms with Crippen LogP contribution in [-0.2, 0) is 15.7 Å².